The Balaban J connectivity index is 2.08. The van der Waals surface area contributed by atoms with Gasteiger partial charge in [0.1, 0.15) is 0 Å². The Hall–Kier alpha value is -1.74. The lowest BCUT2D eigenvalue weighted by atomic mass is 10.1. The third-order valence-corrected chi connectivity index (χ3v) is 2.36. The minimum Gasteiger partial charge on any atom is -0.374 e. The van der Waals surface area contributed by atoms with E-state index in [0.717, 1.165) is 11.4 Å². The summed E-state index contributed by atoms with van der Waals surface area (Å²) in [5.74, 6) is 0.754. The predicted octanol–water partition coefficient (Wildman–Crippen LogP) is 3.07. The topological polar surface area (TPSA) is 35.0 Å². The van der Waals surface area contributed by atoms with Crippen LogP contribution in [0.1, 0.15) is 19.4 Å². The highest BCUT2D eigenvalue weighted by Gasteiger charge is 2.00. The standard InChI is InChI=1S/C14H16N2O/c1-11(2)17-10-12-4-6-13(7-5-12)14-15-8-3-9-16-14/h3-9,11H,10H2,1-2H3. The number of aromatic nitrogens is 2. The number of rotatable bonds is 4. The summed E-state index contributed by atoms with van der Waals surface area (Å²) in [7, 11) is 0. The van der Waals surface area contributed by atoms with Crippen molar-refractivity contribution in [3.63, 3.8) is 0 Å². The van der Waals surface area contributed by atoms with Crippen LogP contribution in [0.15, 0.2) is 42.7 Å². The molecular weight excluding hydrogens is 212 g/mol. The second-order valence-electron chi connectivity index (χ2n) is 4.13. The predicted molar refractivity (Wildman–Crippen MR) is 67.4 cm³/mol. The Morgan fingerprint density at radius 1 is 1.06 bits per heavy atom. The minimum absolute atomic E-state index is 0.257. The Bertz CT molecular complexity index is 451. The average molecular weight is 228 g/mol. The zero-order valence-electron chi connectivity index (χ0n) is 10.1. The average Bonchev–Trinajstić information content (AvgIpc) is 2.38. The lowest BCUT2D eigenvalue weighted by Gasteiger charge is -2.07. The Labute approximate surface area is 102 Å². The molecule has 0 spiro atoms. The van der Waals surface area contributed by atoms with Crippen LogP contribution in [0.3, 0.4) is 0 Å². The van der Waals surface area contributed by atoms with Crippen molar-refractivity contribution in [2.45, 2.75) is 26.6 Å². The van der Waals surface area contributed by atoms with Gasteiger partial charge < -0.3 is 4.74 Å². The Kier molecular flexibility index (Phi) is 3.83. The molecule has 0 saturated heterocycles. The third-order valence-electron chi connectivity index (χ3n) is 2.36. The van der Waals surface area contributed by atoms with Crippen molar-refractivity contribution >= 4 is 0 Å². The van der Waals surface area contributed by atoms with E-state index in [-0.39, 0.29) is 6.10 Å². The van der Waals surface area contributed by atoms with E-state index in [2.05, 4.69) is 9.97 Å². The van der Waals surface area contributed by atoms with Gasteiger partial charge in [-0.15, -0.1) is 0 Å². The maximum Gasteiger partial charge on any atom is 0.159 e. The van der Waals surface area contributed by atoms with Crippen molar-refractivity contribution in [1.29, 1.82) is 0 Å². The summed E-state index contributed by atoms with van der Waals surface area (Å²) < 4.78 is 5.54. The molecule has 0 amide bonds. The summed E-state index contributed by atoms with van der Waals surface area (Å²) in [5, 5.41) is 0. The van der Waals surface area contributed by atoms with Crippen LogP contribution in [0.5, 0.6) is 0 Å². The molecule has 3 heteroatoms. The minimum atomic E-state index is 0.257. The van der Waals surface area contributed by atoms with E-state index in [9.17, 15) is 0 Å². The third kappa shape index (κ3) is 3.36. The summed E-state index contributed by atoms with van der Waals surface area (Å²) >= 11 is 0. The number of ether oxygens (including phenoxy) is 1. The van der Waals surface area contributed by atoms with Crippen LogP contribution in [-0.2, 0) is 11.3 Å². The van der Waals surface area contributed by atoms with Crippen molar-refractivity contribution < 1.29 is 4.74 Å². The molecule has 88 valence electrons. The maximum absolute atomic E-state index is 5.54. The van der Waals surface area contributed by atoms with Crippen LogP contribution < -0.4 is 0 Å². The highest BCUT2D eigenvalue weighted by molar-refractivity contribution is 5.54. The quantitative estimate of drug-likeness (QED) is 0.806. The number of nitrogens with zero attached hydrogens (tertiary/aromatic N) is 2. The van der Waals surface area contributed by atoms with E-state index in [1.807, 2.05) is 44.2 Å². The lowest BCUT2D eigenvalue weighted by molar-refractivity contribution is 0.0657. The van der Waals surface area contributed by atoms with E-state index in [1.54, 1.807) is 12.4 Å². The second-order valence-corrected chi connectivity index (χ2v) is 4.13. The highest BCUT2D eigenvalue weighted by atomic mass is 16.5. The summed E-state index contributed by atoms with van der Waals surface area (Å²) in [6, 6.07) is 9.96. The van der Waals surface area contributed by atoms with Crippen molar-refractivity contribution in [1.82, 2.24) is 9.97 Å². The Morgan fingerprint density at radius 3 is 2.29 bits per heavy atom. The van der Waals surface area contributed by atoms with Gasteiger partial charge in [0.05, 0.1) is 12.7 Å². The van der Waals surface area contributed by atoms with Crippen LogP contribution in [0, 0.1) is 0 Å². The first-order valence-corrected chi connectivity index (χ1v) is 5.73. The molecule has 2 aromatic rings. The number of hydrogen-bond donors (Lipinski definition) is 0. The first-order valence-electron chi connectivity index (χ1n) is 5.73. The van der Waals surface area contributed by atoms with Gasteiger partial charge in [0.25, 0.3) is 0 Å². The summed E-state index contributed by atoms with van der Waals surface area (Å²) in [6.45, 7) is 4.71. The number of benzene rings is 1. The second kappa shape index (κ2) is 5.55. The molecule has 0 aliphatic heterocycles. The van der Waals surface area contributed by atoms with Crippen LogP contribution in [0.2, 0.25) is 0 Å². The van der Waals surface area contributed by atoms with Crippen LogP contribution >= 0.6 is 0 Å². The van der Waals surface area contributed by atoms with Crippen molar-refractivity contribution in [2.75, 3.05) is 0 Å². The fraction of sp³-hybridized carbons (Fsp3) is 0.286. The molecule has 1 aromatic heterocycles. The molecule has 0 N–H and O–H groups in total. The monoisotopic (exact) mass is 228 g/mol. The van der Waals surface area contributed by atoms with Crippen molar-refractivity contribution in [2.24, 2.45) is 0 Å². The van der Waals surface area contributed by atoms with Gasteiger partial charge in [-0.25, -0.2) is 9.97 Å². The molecule has 0 bridgehead atoms. The number of hydrogen-bond acceptors (Lipinski definition) is 3. The largest absolute Gasteiger partial charge is 0.374 e. The molecular formula is C14H16N2O. The maximum atomic E-state index is 5.54. The zero-order chi connectivity index (χ0) is 12.1. The van der Waals surface area contributed by atoms with Gasteiger partial charge in [0.15, 0.2) is 5.82 Å². The molecule has 0 atom stereocenters. The van der Waals surface area contributed by atoms with E-state index >= 15 is 0 Å². The smallest absolute Gasteiger partial charge is 0.159 e. The fourth-order valence-corrected chi connectivity index (χ4v) is 1.46. The van der Waals surface area contributed by atoms with E-state index in [4.69, 9.17) is 4.74 Å². The molecule has 0 fully saturated rings. The molecule has 1 heterocycles. The van der Waals surface area contributed by atoms with Gasteiger partial charge in [-0.05, 0) is 25.5 Å². The SMILES string of the molecule is CC(C)OCc1ccc(-c2ncccn2)cc1. The van der Waals surface area contributed by atoms with E-state index in [1.165, 1.54) is 5.56 Å². The van der Waals surface area contributed by atoms with Gasteiger partial charge in [0.2, 0.25) is 0 Å². The molecule has 3 nitrogen and oxygen atoms in total. The fourth-order valence-electron chi connectivity index (χ4n) is 1.46. The molecule has 0 saturated carbocycles. The first kappa shape index (κ1) is 11.7. The molecule has 1 aromatic carbocycles. The summed E-state index contributed by atoms with van der Waals surface area (Å²) in [6.07, 6.45) is 3.75. The summed E-state index contributed by atoms with van der Waals surface area (Å²) in [5.41, 5.74) is 2.19. The van der Waals surface area contributed by atoms with Crippen molar-refractivity contribution in [3.05, 3.63) is 48.3 Å². The van der Waals surface area contributed by atoms with Gasteiger partial charge in [0, 0.05) is 18.0 Å². The van der Waals surface area contributed by atoms with E-state index in [0.29, 0.717) is 6.61 Å². The Morgan fingerprint density at radius 2 is 1.71 bits per heavy atom. The van der Waals surface area contributed by atoms with Crippen molar-refractivity contribution in [3.8, 4) is 11.4 Å². The van der Waals surface area contributed by atoms with Gasteiger partial charge in [-0.2, -0.15) is 0 Å². The highest BCUT2D eigenvalue weighted by Crippen LogP contribution is 2.15. The molecule has 17 heavy (non-hydrogen) atoms. The zero-order valence-corrected chi connectivity index (χ0v) is 10.1. The normalized spacial score (nSPS) is 10.8. The van der Waals surface area contributed by atoms with Gasteiger partial charge in [-0.3, -0.25) is 0 Å². The lowest BCUT2D eigenvalue weighted by Crippen LogP contribution is -2.02. The molecule has 0 aliphatic carbocycles. The summed E-state index contributed by atoms with van der Waals surface area (Å²) in [4.78, 5) is 8.42. The van der Waals surface area contributed by atoms with E-state index < -0.39 is 0 Å². The van der Waals surface area contributed by atoms with Crippen LogP contribution in [0.4, 0.5) is 0 Å². The first-order chi connectivity index (χ1) is 8.25. The van der Waals surface area contributed by atoms with Gasteiger partial charge in [-0.1, -0.05) is 24.3 Å². The molecule has 0 aliphatic rings. The molecule has 0 unspecified atom stereocenters. The molecule has 2 rings (SSSR count). The van der Waals surface area contributed by atoms with Gasteiger partial charge >= 0.3 is 0 Å². The molecule has 0 radical (unpaired) electrons. The van der Waals surface area contributed by atoms with Crippen LogP contribution in [0.25, 0.3) is 11.4 Å². The van der Waals surface area contributed by atoms with Crippen LogP contribution in [-0.4, -0.2) is 16.1 Å².